The molecular weight excluding hydrogens is 259 g/mol. The van der Waals surface area contributed by atoms with E-state index in [-0.39, 0.29) is 6.10 Å². The highest BCUT2D eigenvalue weighted by molar-refractivity contribution is 6.37. The van der Waals surface area contributed by atoms with Gasteiger partial charge in [-0.1, -0.05) is 23.2 Å². The van der Waals surface area contributed by atoms with Crippen molar-refractivity contribution in [1.29, 1.82) is 0 Å². The predicted octanol–water partition coefficient (Wildman–Crippen LogP) is 4.17. The van der Waals surface area contributed by atoms with Gasteiger partial charge in [-0.05, 0) is 26.0 Å². The Morgan fingerprint density at radius 1 is 1.24 bits per heavy atom. The van der Waals surface area contributed by atoms with Gasteiger partial charge in [-0.3, -0.25) is 0 Å². The molecule has 0 aliphatic heterocycles. The topological polar surface area (TPSA) is 37.9 Å². The molecule has 0 fully saturated rings. The van der Waals surface area contributed by atoms with Crippen molar-refractivity contribution in [2.75, 3.05) is 0 Å². The van der Waals surface area contributed by atoms with Crippen LogP contribution in [0.2, 0.25) is 10.0 Å². The minimum atomic E-state index is 0.0273. The fraction of sp³-hybridized carbons (Fsp3) is 0.250. The van der Waals surface area contributed by atoms with Crippen molar-refractivity contribution in [2.24, 2.45) is 0 Å². The number of halogens is 2. The van der Waals surface area contributed by atoms with E-state index in [0.717, 1.165) is 11.4 Å². The van der Waals surface area contributed by atoms with Crippen molar-refractivity contribution in [3.05, 3.63) is 34.6 Å². The van der Waals surface area contributed by atoms with Crippen molar-refractivity contribution < 1.29 is 4.74 Å². The van der Waals surface area contributed by atoms with Crippen molar-refractivity contribution in [1.82, 2.24) is 9.97 Å². The molecule has 0 amide bonds. The van der Waals surface area contributed by atoms with Crippen LogP contribution in [0, 0.1) is 0 Å². The Bertz CT molecular complexity index is 486. The fourth-order valence-corrected chi connectivity index (χ4v) is 2.04. The van der Waals surface area contributed by atoms with Crippen LogP contribution in [0.5, 0.6) is 5.75 Å². The first kappa shape index (κ1) is 12.3. The van der Waals surface area contributed by atoms with Crippen LogP contribution in [0.25, 0.3) is 11.4 Å². The summed E-state index contributed by atoms with van der Waals surface area (Å²) in [6.07, 6.45) is 3.45. The van der Waals surface area contributed by atoms with Crippen LogP contribution < -0.4 is 4.74 Å². The summed E-state index contributed by atoms with van der Waals surface area (Å²) < 4.78 is 5.55. The van der Waals surface area contributed by atoms with Crippen LogP contribution in [0.3, 0.4) is 0 Å². The Hall–Kier alpha value is -1.19. The Morgan fingerprint density at radius 3 is 2.35 bits per heavy atom. The maximum Gasteiger partial charge on any atom is 0.156 e. The quantitative estimate of drug-likeness (QED) is 0.909. The maximum absolute atomic E-state index is 6.14. The molecule has 0 bridgehead atoms. The molecule has 90 valence electrons. The molecule has 0 aliphatic rings. The summed E-state index contributed by atoms with van der Waals surface area (Å²) in [6.45, 7) is 3.85. The van der Waals surface area contributed by atoms with E-state index in [1.807, 2.05) is 13.8 Å². The summed E-state index contributed by atoms with van der Waals surface area (Å²) >= 11 is 12.3. The summed E-state index contributed by atoms with van der Waals surface area (Å²) in [5.41, 5.74) is 0.834. The number of nitrogens with zero attached hydrogens (tertiary/aromatic N) is 1. The lowest BCUT2D eigenvalue weighted by molar-refractivity contribution is 0.243. The Labute approximate surface area is 110 Å². The average molecular weight is 271 g/mol. The highest BCUT2D eigenvalue weighted by Crippen LogP contribution is 2.37. The third kappa shape index (κ3) is 2.73. The molecule has 17 heavy (non-hydrogen) atoms. The van der Waals surface area contributed by atoms with Crippen LogP contribution in [0.15, 0.2) is 24.5 Å². The van der Waals surface area contributed by atoms with Gasteiger partial charge in [0.2, 0.25) is 0 Å². The lowest BCUT2D eigenvalue weighted by Gasteiger charge is -2.13. The number of nitrogens with one attached hydrogen (secondary N) is 1. The zero-order chi connectivity index (χ0) is 12.4. The van der Waals surface area contributed by atoms with Gasteiger partial charge in [-0.2, -0.15) is 0 Å². The number of rotatable bonds is 3. The number of hydrogen-bond acceptors (Lipinski definition) is 2. The highest BCUT2D eigenvalue weighted by Gasteiger charge is 2.12. The third-order valence-electron chi connectivity index (χ3n) is 2.12. The zero-order valence-electron chi connectivity index (χ0n) is 9.50. The molecule has 1 aromatic heterocycles. The minimum absolute atomic E-state index is 0.0273. The Morgan fingerprint density at radius 2 is 1.88 bits per heavy atom. The molecule has 2 aromatic rings. The maximum atomic E-state index is 6.14. The number of ether oxygens (including phenoxy) is 1. The first-order chi connectivity index (χ1) is 8.08. The van der Waals surface area contributed by atoms with E-state index in [4.69, 9.17) is 27.9 Å². The molecule has 2 rings (SSSR count). The normalized spacial score (nSPS) is 10.9. The van der Waals surface area contributed by atoms with Crippen LogP contribution in [0.1, 0.15) is 13.8 Å². The molecule has 0 unspecified atom stereocenters. The van der Waals surface area contributed by atoms with Crippen LogP contribution in [0.4, 0.5) is 0 Å². The number of hydrogen-bond donors (Lipinski definition) is 1. The van der Waals surface area contributed by atoms with Crippen LogP contribution in [-0.4, -0.2) is 16.1 Å². The summed E-state index contributed by atoms with van der Waals surface area (Å²) in [6, 6.07) is 3.56. The van der Waals surface area contributed by atoms with E-state index in [1.54, 1.807) is 24.5 Å². The Kier molecular flexibility index (Phi) is 3.60. The zero-order valence-corrected chi connectivity index (χ0v) is 11.0. The van der Waals surface area contributed by atoms with Gasteiger partial charge in [-0.15, -0.1) is 0 Å². The summed E-state index contributed by atoms with van der Waals surface area (Å²) in [4.78, 5) is 7.14. The molecule has 1 heterocycles. The highest BCUT2D eigenvalue weighted by atomic mass is 35.5. The minimum Gasteiger partial charge on any atom is -0.488 e. The molecule has 1 N–H and O–H groups in total. The number of benzene rings is 1. The summed E-state index contributed by atoms with van der Waals surface area (Å²) in [5.74, 6) is 1.24. The largest absolute Gasteiger partial charge is 0.488 e. The van der Waals surface area contributed by atoms with Gasteiger partial charge in [0.25, 0.3) is 0 Å². The van der Waals surface area contributed by atoms with Crippen LogP contribution >= 0.6 is 23.2 Å². The van der Waals surface area contributed by atoms with Crippen molar-refractivity contribution >= 4 is 23.2 Å². The van der Waals surface area contributed by atoms with Gasteiger partial charge in [0, 0.05) is 18.0 Å². The number of H-pyrrole nitrogens is 1. The first-order valence-electron chi connectivity index (χ1n) is 5.23. The molecule has 1 aromatic carbocycles. The molecule has 3 nitrogen and oxygen atoms in total. The van der Waals surface area contributed by atoms with Crippen molar-refractivity contribution in [3.63, 3.8) is 0 Å². The number of imidazole rings is 1. The van der Waals surface area contributed by atoms with Gasteiger partial charge < -0.3 is 9.72 Å². The summed E-state index contributed by atoms with van der Waals surface area (Å²) in [7, 11) is 0. The van der Waals surface area contributed by atoms with E-state index in [2.05, 4.69) is 9.97 Å². The monoisotopic (exact) mass is 270 g/mol. The molecule has 0 radical (unpaired) electrons. The summed E-state index contributed by atoms with van der Waals surface area (Å²) in [5, 5.41) is 0.968. The lowest BCUT2D eigenvalue weighted by atomic mass is 10.2. The van der Waals surface area contributed by atoms with E-state index < -0.39 is 0 Å². The van der Waals surface area contributed by atoms with Crippen molar-refractivity contribution in [2.45, 2.75) is 20.0 Å². The van der Waals surface area contributed by atoms with Gasteiger partial charge >= 0.3 is 0 Å². The van der Waals surface area contributed by atoms with Gasteiger partial charge in [0.05, 0.1) is 16.1 Å². The fourth-order valence-electron chi connectivity index (χ4n) is 1.47. The van der Waals surface area contributed by atoms with Gasteiger partial charge in [0.1, 0.15) is 5.82 Å². The second-order valence-corrected chi connectivity index (χ2v) is 4.69. The second kappa shape index (κ2) is 4.98. The smallest absolute Gasteiger partial charge is 0.156 e. The second-order valence-electron chi connectivity index (χ2n) is 3.87. The van der Waals surface area contributed by atoms with Gasteiger partial charge in [0.15, 0.2) is 5.75 Å². The van der Waals surface area contributed by atoms with E-state index in [1.165, 1.54) is 0 Å². The van der Waals surface area contributed by atoms with E-state index in [0.29, 0.717) is 15.8 Å². The van der Waals surface area contributed by atoms with Crippen LogP contribution in [-0.2, 0) is 0 Å². The Balaban J connectivity index is 2.42. The average Bonchev–Trinajstić information content (AvgIpc) is 2.76. The number of aromatic nitrogens is 2. The predicted molar refractivity (Wildman–Crippen MR) is 69.8 cm³/mol. The first-order valence-corrected chi connectivity index (χ1v) is 5.99. The standard InChI is InChI=1S/C12H12Cl2N2O/c1-7(2)17-11-9(13)5-8(6-10(11)14)12-15-3-4-16-12/h3-7H,1-2H3,(H,15,16). The molecule has 0 spiro atoms. The lowest BCUT2D eigenvalue weighted by Crippen LogP contribution is -2.06. The molecule has 0 aliphatic carbocycles. The molecule has 0 saturated carbocycles. The van der Waals surface area contributed by atoms with E-state index >= 15 is 0 Å². The molecular formula is C12H12Cl2N2O. The third-order valence-corrected chi connectivity index (χ3v) is 2.68. The molecule has 5 heteroatoms. The molecule has 0 atom stereocenters. The van der Waals surface area contributed by atoms with E-state index in [9.17, 15) is 0 Å². The number of aromatic amines is 1. The molecule has 0 saturated heterocycles. The van der Waals surface area contributed by atoms with Crippen molar-refractivity contribution in [3.8, 4) is 17.1 Å². The SMILES string of the molecule is CC(C)Oc1c(Cl)cc(-c2ncc[nH]2)cc1Cl. The van der Waals surface area contributed by atoms with Gasteiger partial charge in [-0.25, -0.2) is 4.98 Å².